The molecule has 0 amide bonds. The molecule has 2 fully saturated rings. The van der Waals surface area contributed by atoms with Crippen LogP contribution in [-0.2, 0) is 30.8 Å². The van der Waals surface area contributed by atoms with Crippen molar-refractivity contribution in [3.63, 3.8) is 0 Å². The Hall–Kier alpha value is -1.79. The van der Waals surface area contributed by atoms with Crippen LogP contribution in [0.1, 0.15) is 78.0 Å². The topological polar surface area (TPSA) is 74.2 Å². The van der Waals surface area contributed by atoms with Crippen LogP contribution in [0, 0.1) is 17.2 Å². The van der Waals surface area contributed by atoms with Gasteiger partial charge in [0.25, 0.3) is 0 Å². The van der Waals surface area contributed by atoms with E-state index in [9.17, 15) is 9.70 Å². The van der Waals surface area contributed by atoms with Crippen LogP contribution in [0.25, 0.3) is 0 Å². The summed E-state index contributed by atoms with van der Waals surface area (Å²) in [5.41, 5.74) is 2.16. The molecule has 0 bridgehead atoms. The first-order valence-corrected chi connectivity index (χ1v) is 10.7. The van der Waals surface area contributed by atoms with Gasteiger partial charge in [0.05, 0.1) is 0 Å². The smallest absolute Gasteiger partial charge is 0.306 e. The van der Waals surface area contributed by atoms with Crippen molar-refractivity contribution in [1.82, 2.24) is 0 Å². The number of fused-ring (bicyclic) bond motifs is 1. The number of hydrogen-bond donors (Lipinski definition) is 0. The summed E-state index contributed by atoms with van der Waals surface area (Å²) in [7, 11) is 0. The number of nitroso groups, excluding NO2 is 1. The molecule has 1 aliphatic carbocycles. The molecular weight excluding hydrogens is 382 g/mol. The van der Waals surface area contributed by atoms with Gasteiger partial charge in [0, 0.05) is 18.3 Å². The van der Waals surface area contributed by atoms with Crippen molar-refractivity contribution in [3.8, 4) is 0 Å². The zero-order chi connectivity index (χ0) is 22.5. The number of carbonyl (C=O) groups is 1. The van der Waals surface area contributed by atoms with Crippen LogP contribution in [0.15, 0.2) is 17.3 Å². The second-order valence-corrected chi connectivity index (χ2v) is 11.0. The van der Waals surface area contributed by atoms with Crippen LogP contribution in [0.5, 0.6) is 0 Å². The summed E-state index contributed by atoms with van der Waals surface area (Å²) in [6, 6.07) is 3.91. The summed E-state index contributed by atoms with van der Waals surface area (Å²) in [5, 5.41) is 3.22. The van der Waals surface area contributed by atoms with Gasteiger partial charge in [0.1, 0.15) is 23.5 Å². The second-order valence-electron chi connectivity index (χ2n) is 11.0. The minimum atomic E-state index is -0.428. The predicted molar refractivity (Wildman–Crippen MR) is 116 cm³/mol. The third kappa shape index (κ3) is 4.30. The summed E-state index contributed by atoms with van der Waals surface area (Å²) >= 11 is 0. The van der Waals surface area contributed by atoms with E-state index in [1.165, 1.54) is 0 Å². The van der Waals surface area contributed by atoms with Gasteiger partial charge in [-0.05, 0) is 54.5 Å². The van der Waals surface area contributed by atoms with Crippen molar-refractivity contribution < 1.29 is 19.0 Å². The molecular formula is C24H35NO5. The molecule has 1 aromatic carbocycles. The number of benzene rings is 1. The first-order valence-electron chi connectivity index (χ1n) is 10.7. The van der Waals surface area contributed by atoms with Gasteiger partial charge < -0.3 is 14.2 Å². The van der Waals surface area contributed by atoms with Gasteiger partial charge in [-0.1, -0.05) is 46.8 Å². The monoisotopic (exact) mass is 417 g/mol. The Kier molecular flexibility index (Phi) is 5.66. The van der Waals surface area contributed by atoms with Crippen molar-refractivity contribution in [1.29, 1.82) is 0 Å². The molecule has 1 saturated carbocycles. The van der Waals surface area contributed by atoms with Crippen LogP contribution in [0.3, 0.4) is 0 Å². The average Bonchev–Trinajstić information content (AvgIpc) is 3.04. The molecule has 2 aliphatic rings. The largest absolute Gasteiger partial charge is 0.465 e. The van der Waals surface area contributed by atoms with Gasteiger partial charge in [-0.2, -0.15) is 0 Å². The fourth-order valence-corrected chi connectivity index (χ4v) is 4.09. The molecule has 1 aliphatic heterocycles. The van der Waals surface area contributed by atoms with E-state index in [0.29, 0.717) is 12.1 Å². The Morgan fingerprint density at radius 3 is 2.30 bits per heavy atom. The number of nitrogens with zero attached hydrogens (tertiary/aromatic N) is 1. The molecule has 1 saturated heterocycles. The molecule has 0 radical (unpaired) electrons. The SMILES string of the molecule is Cc1cc(CCC(=O)OCC(C)(C)C2OC3(C)CC3(C)O2)cc(C(C)(C)C)c1N=O. The fourth-order valence-electron chi connectivity index (χ4n) is 4.09. The Labute approximate surface area is 179 Å². The Bertz CT molecular complexity index is 840. The lowest BCUT2D eigenvalue weighted by molar-refractivity contribution is -0.194. The summed E-state index contributed by atoms with van der Waals surface area (Å²) in [5.74, 6) is -0.254. The minimum Gasteiger partial charge on any atom is -0.465 e. The highest BCUT2D eigenvalue weighted by Crippen LogP contribution is 2.61. The molecule has 2 atom stereocenters. The van der Waals surface area contributed by atoms with Gasteiger partial charge >= 0.3 is 5.97 Å². The first kappa shape index (κ1) is 22.9. The van der Waals surface area contributed by atoms with E-state index in [-0.39, 0.29) is 41.9 Å². The Morgan fingerprint density at radius 2 is 1.77 bits per heavy atom. The van der Waals surface area contributed by atoms with Crippen molar-refractivity contribution in [2.24, 2.45) is 10.6 Å². The number of carbonyl (C=O) groups excluding carboxylic acids is 1. The number of esters is 1. The van der Waals surface area contributed by atoms with Crippen LogP contribution >= 0.6 is 0 Å². The molecule has 166 valence electrons. The van der Waals surface area contributed by atoms with Gasteiger partial charge in [-0.15, -0.1) is 4.91 Å². The molecule has 0 spiro atoms. The number of rotatable bonds is 7. The van der Waals surface area contributed by atoms with Crippen molar-refractivity contribution >= 4 is 11.7 Å². The van der Waals surface area contributed by atoms with E-state index in [2.05, 4.69) is 39.8 Å². The zero-order valence-electron chi connectivity index (χ0n) is 19.5. The lowest BCUT2D eigenvalue weighted by atomic mass is 9.83. The molecule has 3 rings (SSSR count). The second kappa shape index (κ2) is 7.41. The first-order chi connectivity index (χ1) is 13.7. The van der Waals surface area contributed by atoms with E-state index in [1.54, 1.807) is 0 Å². The summed E-state index contributed by atoms with van der Waals surface area (Å²) < 4.78 is 17.7. The van der Waals surface area contributed by atoms with Crippen LogP contribution in [0.2, 0.25) is 0 Å². The van der Waals surface area contributed by atoms with Crippen LogP contribution in [0.4, 0.5) is 5.69 Å². The third-order valence-corrected chi connectivity index (χ3v) is 6.52. The maximum absolute atomic E-state index is 12.4. The Balaban J connectivity index is 1.56. The molecule has 1 heterocycles. The molecule has 1 aromatic rings. The lowest BCUT2D eigenvalue weighted by Crippen LogP contribution is -2.38. The average molecular weight is 418 g/mol. The van der Waals surface area contributed by atoms with Crippen LogP contribution in [-0.4, -0.2) is 30.1 Å². The minimum absolute atomic E-state index is 0.205. The third-order valence-electron chi connectivity index (χ3n) is 6.52. The number of aryl methyl sites for hydroxylation is 2. The van der Waals surface area contributed by atoms with Crippen LogP contribution < -0.4 is 0 Å². The van der Waals surface area contributed by atoms with Crippen molar-refractivity contribution in [2.75, 3.05) is 6.61 Å². The number of ether oxygens (including phenoxy) is 3. The summed E-state index contributed by atoms with van der Waals surface area (Å²) in [6.45, 7) is 16.4. The fraction of sp³-hybridized carbons (Fsp3) is 0.708. The molecule has 6 heteroatoms. The van der Waals surface area contributed by atoms with E-state index in [0.717, 1.165) is 23.1 Å². The molecule has 30 heavy (non-hydrogen) atoms. The standard InChI is InChI=1S/C24H35NO5/c1-15-11-16(12-17(19(15)25-27)21(2,3)4)9-10-18(26)28-14-22(5,6)20-29-23(7)13-24(23,8)30-20/h11-12,20H,9-10,13-14H2,1-8H3. The van der Waals surface area contributed by atoms with Gasteiger partial charge in [0.2, 0.25) is 0 Å². The number of hydrogen-bond acceptors (Lipinski definition) is 6. The quantitative estimate of drug-likeness (QED) is 0.433. The molecule has 2 unspecified atom stereocenters. The lowest BCUT2D eigenvalue weighted by Gasteiger charge is -2.31. The highest BCUT2D eigenvalue weighted by molar-refractivity contribution is 5.70. The van der Waals surface area contributed by atoms with Crippen molar-refractivity contribution in [3.05, 3.63) is 33.7 Å². The highest BCUT2D eigenvalue weighted by atomic mass is 16.8. The molecule has 0 aromatic heterocycles. The highest BCUT2D eigenvalue weighted by Gasteiger charge is 2.72. The van der Waals surface area contributed by atoms with E-state index in [1.807, 2.05) is 32.9 Å². The van der Waals surface area contributed by atoms with E-state index < -0.39 is 5.41 Å². The summed E-state index contributed by atoms with van der Waals surface area (Å²) in [4.78, 5) is 23.7. The maximum atomic E-state index is 12.4. The normalized spacial score (nSPS) is 28.2. The zero-order valence-corrected chi connectivity index (χ0v) is 19.5. The van der Waals surface area contributed by atoms with E-state index in [4.69, 9.17) is 14.2 Å². The van der Waals surface area contributed by atoms with Gasteiger partial charge in [-0.25, -0.2) is 0 Å². The van der Waals surface area contributed by atoms with Gasteiger partial charge in [0.15, 0.2) is 6.29 Å². The van der Waals surface area contributed by atoms with Gasteiger partial charge in [-0.3, -0.25) is 4.79 Å². The summed E-state index contributed by atoms with van der Waals surface area (Å²) in [6.07, 6.45) is 1.35. The van der Waals surface area contributed by atoms with E-state index >= 15 is 0 Å². The molecule has 0 N–H and O–H groups in total. The Morgan fingerprint density at radius 1 is 1.17 bits per heavy atom. The molecule has 6 nitrogen and oxygen atoms in total. The maximum Gasteiger partial charge on any atom is 0.306 e. The van der Waals surface area contributed by atoms with Crippen molar-refractivity contribution in [2.45, 2.75) is 97.6 Å². The predicted octanol–water partition coefficient (Wildman–Crippen LogP) is 5.49.